The summed E-state index contributed by atoms with van der Waals surface area (Å²) in [4.78, 5) is 12.0. The minimum Gasteiger partial charge on any atom is -0.497 e. The first-order chi connectivity index (χ1) is 12.7. The molecule has 0 unspecified atom stereocenters. The molecule has 0 bridgehead atoms. The van der Waals surface area contributed by atoms with E-state index in [0.717, 1.165) is 37.2 Å². The van der Waals surface area contributed by atoms with Crippen molar-refractivity contribution in [2.45, 2.75) is 38.7 Å². The maximum atomic E-state index is 12.0. The summed E-state index contributed by atoms with van der Waals surface area (Å²) in [6, 6.07) is 11.0. The maximum absolute atomic E-state index is 12.0. The van der Waals surface area contributed by atoms with E-state index in [4.69, 9.17) is 13.9 Å². The Kier molecular flexibility index (Phi) is 6.30. The van der Waals surface area contributed by atoms with Gasteiger partial charge in [0.15, 0.2) is 0 Å². The number of methoxy groups -OCH3 is 1. The van der Waals surface area contributed by atoms with Gasteiger partial charge in [-0.1, -0.05) is 19.3 Å². The van der Waals surface area contributed by atoms with E-state index in [1.807, 2.05) is 30.3 Å². The molecule has 0 spiro atoms. The largest absolute Gasteiger partial charge is 0.497 e. The monoisotopic (exact) mass is 356 g/mol. The minimum absolute atomic E-state index is 0.00410. The second-order valence-electron chi connectivity index (χ2n) is 6.34. The van der Waals surface area contributed by atoms with Crippen LogP contribution in [0.15, 0.2) is 45.9 Å². The molecule has 1 heterocycles. The molecule has 1 amide bonds. The molecule has 26 heavy (non-hydrogen) atoms. The molecule has 0 aliphatic heterocycles. The third kappa shape index (κ3) is 5.12. The number of ether oxygens (including phenoxy) is 2. The lowest BCUT2D eigenvalue weighted by molar-refractivity contribution is -0.125. The van der Waals surface area contributed by atoms with E-state index in [0.29, 0.717) is 18.1 Å². The maximum Gasteiger partial charge on any atom is 0.243 e. The van der Waals surface area contributed by atoms with E-state index in [2.05, 4.69) is 10.5 Å². The Morgan fingerprint density at radius 1 is 1.15 bits per heavy atom. The van der Waals surface area contributed by atoms with Crippen LogP contribution in [0.5, 0.6) is 11.5 Å². The molecule has 0 atom stereocenters. The molecule has 3 rings (SSSR count). The number of carbonyl (C=O) groups excluding carboxylic acids is 1. The quantitative estimate of drug-likeness (QED) is 0.603. The lowest BCUT2D eigenvalue weighted by Crippen LogP contribution is -2.28. The van der Waals surface area contributed by atoms with Crippen LogP contribution in [0.1, 0.15) is 43.6 Å². The van der Waals surface area contributed by atoms with Crippen LogP contribution in [0, 0.1) is 5.92 Å². The summed E-state index contributed by atoms with van der Waals surface area (Å²) in [5, 5.41) is 3.99. The van der Waals surface area contributed by atoms with Gasteiger partial charge in [-0.25, -0.2) is 5.43 Å². The standard InChI is InChI=1S/C20H24N2O4/c1-24-16-7-9-17(10-8-16)25-14-19-12-11-18(26-19)13-21-22-20(23)15-5-3-2-4-6-15/h7-13,15H,2-6,14H2,1H3,(H,22,23)/b21-13-. The van der Waals surface area contributed by atoms with Crippen LogP contribution in [-0.4, -0.2) is 19.2 Å². The van der Waals surface area contributed by atoms with Crippen LogP contribution in [-0.2, 0) is 11.4 Å². The van der Waals surface area contributed by atoms with Gasteiger partial charge in [0.25, 0.3) is 0 Å². The van der Waals surface area contributed by atoms with E-state index in [-0.39, 0.29) is 11.8 Å². The van der Waals surface area contributed by atoms with Gasteiger partial charge in [-0.3, -0.25) is 4.79 Å². The van der Waals surface area contributed by atoms with Crippen molar-refractivity contribution in [2.75, 3.05) is 7.11 Å². The van der Waals surface area contributed by atoms with Gasteiger partial charge in [0.05, 0.1) is 13.3 Å². The van der Waals surface area contributed by atoms with Crippen LogP contribution in [0.3, 0.4) is 0 Å². The second kappa shape index (κ2) is 9.08. The van der Waals surface area contributed by atoms with Crippen molar-refractivity contribution in [1.29, 1.82) is 0 Å². The molecule has 2 aromatic rings. The Labute approximate surface area is 153 Å². The Morgan fingerprint density at radius 3 is 2.62 bits per heavy atom. The first-order valence-corrected chi connectivity index (χ1v) is 8.93. The first-order valence-electron chi connectivity index (χ1n) is 8.93. The molecule has 1 fully saturated rings. The SMILES string of the molecule is COc1ccc(OCc2ccc(/C=N\NC(=O)C3CCCCC3)o2)cc1. The molecule has 1 aromatic heterocycles. The number of hydrogen-bond donors (Lipinski definition) is 1. The lowest BCUT2D eigenvalue weighted by Gasteiger charge is -2.19. The van der Waals surface area contributed by atoms with E-state index in [1.165, 1.54) is 12.6 Å². The highest BCUT2D eigenvalue weighted by Gasteiger charge is 2.20. The van der Waals surface area contributed by atoms with Gasteiger partial charge in [-0.2, -0.15) is 5.10 Å². The van der Waals surface area contributed by atoms with Crippen molar-refractivity contribution >= 4 is 12.1 Å². The summed E-state index contributed by atoms with van der Waals surface area (Å²) < 4.78 is 16.4. The van der Waals surface area contributed by atoms with Gasteiger partial charge in [-0.15, -0.1) is 0 Å². The molecule has 0 radical (unpaired) electrons. The number of nitrogens with zero attached hydrogens (tertiary/aromatic N) is 1. The van der Waals surface area contributed by atoms with Crippen LogP contribution < -0.4 is 14.9 Å². The second-order valence-corrected chi connectivity index (χ2v) is 6.34. The summed E-state index contributed by atoms with van der Waals surface area (Å²) in [5.74, 6) is 2.85. The van der Waals surface area contributed by atoms with Gasteiger partial charge < -0.3 is 13.9 Å². The minimum atomic E-state index is -0.00410. The number of hydrogen-bond acceptors (Lipinski definition) is 5. The lowest BCUT2D eigenvalue weighted by atomic mass is 9.89. The summed E-state index contributed by atoms with van der Waals surface area (Å²) in [6.07, 6.45) is 6.89. The Hall–Kier alpha value is -2.76. The fourth-order valence-electron chi connectivity index (χ4n) is 2.98. The molecular formula is C20H24N2O4. The van der Waals surface area contributed by atoms with Gasteiger partial charge in [0.1, 0.15) is 29.6 Å². The third-order valence-electron chi connectivity index (χ3n) is 4.47. The molecule has 1 N–H and O–H groups in total. The van der Waals surface area contributed by atoms with E-state index >= 15 is 0 Å². The summed E-state index contributed by atoms with van der Waals surface area (Å²) in [7, 11) is 1.62. The van der Waals surface area contributed by atoms with Gasteiger partial charge in [0, 0.05) is 5.92 Å². The highest BCUT2D eigenvalue weighted by molar-refractivity contribution is 5.81. The Balaban J connectivity index is 1.45. The molecule has 138 valence electrons. The van der Waals surface area contributed by atoms with Crippen molar-refractivity contribution in [1.82, 2.24) is 5.43 Å². The van der Waals surface area contributed by atoms with E-state index in [9.17, 15) is 4.79 Å². The van der Waals surface area contributed by atoms with Crippen LogP contribution in [0.4, 0.5) is 0 Å². The van der Waals surface area contributed by atoms with Crippen molar-refractivity contribution < 1.29 is 18.7 Å². The van der Waals surface area contributed by atoms with Crippen LogP contribution in [0.25, 0.3) is 0 Å². The summed E-state index contributed by atoms with van der Waals surface area (Å²) >= 11 is 0. The van der Waals surface area contributed by atoms with Crippen LogP contribution >= 0.6 is 0 Å². The smallest absolute Gasteiger partial charge is 0.243 e. The van der Waals surface area contributed by atoms with Gasteiger partial charge in [-0.05, 0) is 49.2 Å². The highest BCUT2D eigenvalue weighted by Crippen LogP contribution is 2.23. The number of rotatable bonds is 7. The number of hydrazone groups is 1. The molecule has 6 nitrogen and oxygen atoms in total. The average Bonchev–Trinajstić information content (AvgIpc) is 3.15. The van der Waals surface area contributed by atoms with E-state index < -0.39 is 0 Å². The third-order valence-corrected chi connectivity index (χ3v) is 4.47. The molecule has 1 aliphatic carbocycles. The first kappa shape index (κ1) is 18.0. The summed E-state index contributed by atoms with van der Waals surface area (Å²) in [6.45, 7) is 0.314. The number of nitrogens with one attached hydrogen (secondary N) is 1. The zero-order valence-corrected chi connectivity index (χ0v) is 14.9. The van der Waals surface area contributed by atoms with Crippen molar-refractivity contribution in [3.63, 3.8) is 0 Å². The molecule has 0 saturated heterocycles. The highest BCUT2D eigenvalue weighted by atomic mass is 16.5. The number of benzene rings is 1. The van der Waals surface area contributed by atoms with Crippen molar-refractivity contribution in [3.8, 4) is 11.5 Å². The normalized spacial score (nSPS) is 15.1. The number of furan rings is 1. The predicted molar refractivity (Wildman–Crippen MR) is 98.3 cm³/mol. The Morgan fingerprint density at radius 2 is 1.88 bits per heavy atom. The summed E-state index contributed by atoms with van der Waals surface area (Å²) in [5.41, 5.74) is 2.61. The molecular weight excluding hydrogens is 332 g/mol. The predicted octanol–water partition coefficient (Wildman–Crippen LogP) is 3.90. The number of amides is 1. The average molecular weight is 356 g/mol. The van der Waals surface area contributed by atoms with Crippen LogP contribution in [0.2, 0.25) is 0 Å². The molecule has 1 aliphatic rings. The Bertz CT molecular complexity index is 731. The zero-order chi connectivity index (χ0) is 18.2. The van der Waals surface area contributed by atoms with Gasteiger partial charge >= 0.3 is 0 Å². The van der Waals surface area contributed by atoms with Crippen molar-refractivity contribution in [3.05, 3.63) is 47.9 Å². The molecule has 6 heteroatoms. The number of carbonyl (C=O) groups is 1. The fraction of sp³-hybridized carbons (Fsp3) is 0.400. The fourth-order valence-corrected chi connectivity index (χ4v) is 2.98. The van der Waals surface area contributed by atoms with Crippen molar-refractivity contribution in [2.24, 2.45) is 11.0 Å². The zero-order valence-electron chi connectivity index (χ0n) is 14.9. The van der Waals surface area contributed by atoms with E-state index in [1.54, 1.807) is 13.2 Å². The topological polar surface area (TPSA) is 73.1 Å². The molecule has 1 saturated carbocycles. The molecule has 1 aromatic carbocycles. The van der Waals surface area contributed by atoms with Gasteiger partial charge in [0.2, 0.25) is 5.91 Å².